The summed E-state index contributed by atoms with van der Waals surface area (Å²) in [5.41, 5.74) is 3.13. The van der Waals surface area contributed by atoms with Gasteiger partial charge in [-0.25, -0.2) is 9.97 Å². The largest absolute Gasteiger partial charge is 0.379 e. The minimum Gasteiger partial charge on any atom is -0.379 e. The summed E-state index contributed by atoms with van der Waals surface area (Å²) in [6.45, 7) is 3.68. The average Bonchev–Trinajstić information content (AvgIpc) is 2.80. The van der Waals surface area contributed by atoms with Crippen molar-refractivity contribution < 1.29 is 4.74 Å². The van der Waals surface area contributed by atoms with Crippen LogP contribution in [0, 0.1) is 6.92 Å². The molecule has 0 bridgehead atoms. The predicted molar refractivity (Wildman–Crippen MR) is 75.8 cm³/mol. The molecule has 0 N–H and O–H groups in total. The van der Waals surface area contributed by atoms with Gasteiger partial charge in [0.2, 0.25) is 0 Å². The van der Waals surface area contributed by atoms with E-state index in [1.807, 2.05) is 12.3 Å². The van der Waals surface area contributed by atoms with Crippen LogP contribution >= 0.6 is 11.6 Å². The fourth-order valence-corrected chi connectivity index (χ4v) is 2.90. The first-order chi connectivity index (χ1) is 9.31. The van der Waals surface area contributed by atoms with E-state index in [4.69, 9.17) is 21.3 Å². The molecule has 4 nitrogen and oxygen atoms in total. The standard InChI is InChI=1S/C14H18ClN3O/c1-10-5-7-16-14-13(10)17-12(4-6-15)18(14)11-3-2-8-19-9-11/h5,7,11H,2-4,6,8-9H2,1H3. The smallest absolute Gasteiger partial charge is 0.160 e. The third-order valence-corrected chi connectivity index (χ3v) is 3.86. The maximum atomic E-state index is 5.91. The van der Waals surface area contributed by atoms with Crippen LogP contribution in [0.4, 0.5) is 0 Å². The molecule has 0 aromatic carbocycles. The Hall–Kier alpha value is -1.13. The molecule has 2 aromatic rings. The lowest BCUT2D eigenvalue weighted by Crippen LogP contribution is -2.23. The molecule has 1 unspecified atom stereocenters. The molecular formula is C14H18ClN3O. The molecule has 1 aliphatic rings. The van der Waals surface area contributed by atoms with E-state index in [-0.39, 0.29) is 0 Å². The van der Waals surface area contributed by atoms with Crippen molar-refractivity contribution in [3.05, 3.63) is 23.7 Å². The predicted octanol–water partition coefficient (Wildman–Crippen LogP) is 2.87. The molecule has 1 atom stereocenters. The van der Waals surface area contributed by atoms with E-state index in [2.05, 4.69) is 16.5 Å². The van der Waals surface area contributed by atoms with Crippen LogP contribution in [0.15, 0.2) is 12.3 Å². The van der Waals surface area contributed by atoms with Crippen molar-refractivity contribution in [3.63, 3.8) is 0 Å². The van der Waals surface area contributed by atoms with Crippen LogP contribution < -0.4 is 0 Å². The third-order valence-electron chi connectivity index (χ3n) is 3.67. The van der Waals surface area contributed by atoms with E-state index < -0.39 is 0 Å². The molecule has 0 aliphatic carbocycles. The van der Waals surface area contributed by atoms with Gasteiger partial charge in [-0.15, -0.1) is 11.6 Å². The summed E-state index contributed by atoms with van der Waals surface area (Å²) < 4.78 is 7.85. The van der Waals surface area contributed by atoms with Crippen molar-refractivity contribution in [1.29, 1.82) is 0 Å². The molecule has 1 saturated heterocycles. The highest BCUT2D eigenvalue weighted by Gasteiger charge is 2.22. The van der Waals surface area contributed by atoms with Gasteiger partial charge in [0.05, 0.1) is 12.6 Å². The molecule has 0 radical (unpaired) electrons. The number of rotatable bonds is 3. The van der Waals surface area contributed by atoms with Crippen molar-refractivity contribution >= 4 is 22.8 Å². The molecule has 1 aliphatic heterocycles. The first-order valence-corrected chi connectivity index (χ1v) is 7.31. The Morgan fingerprint density at radius 3 is 3.16 bits per heavy atom. The molecular weight excluding hydrogens is 262 g/mol. The number of ether oxygens (including phenoxy) is 1. The number of alkyl halides is 1. The van der Waals surface area contributed by atoms with Crippen LogP contribution in [0.3, 0.4) is 0 Å². The van der Waals surface area contributed by atoms with Gasteiger partial charge in [0, 0.05) is 25.1 Å². The number of fused-ring (bicyclic) bond motifs is 1. The van der Waals surface area contributed by atoms with Crippen molar-refractivity contribution in [2.24, 2.45) is 0 Å². The molecule has 3 heterocycles. The van der Waals surface area contributed by atoms with Crippen LogP contribution in [-0.2, 0) is 11.2 Å². The van der Waals surface area contributed by atoms with Gasteiger partial charge in [-0.05, 0) is 31.4 Å². The quantitative estimate of drug-likeness (QED) is 0.811. The fraction of sp³-hybridized carbons (Fsp3) is 0.571. The van der Waals surface area contributed by atoms with Crippen LogP contribution in [-0.4, -0.2) is 33.6 Å². The highest BCUT2D eigenvalue weighted by Crippen LogP contribution is 2.27. The van der Waals surface area contributed by atoms with Gasteiger partial charge in [0.15, 0.2) is 5.65 Å². The number of halogens is 1. The highest BCUT2D eigenvalue weighted by atomic mass is 35.5. The Labute approximate surface area is 117 Å². The number of hydrogen-bond donors (Lipinski definition) is 0. The second-order valence-electron chi connectivity index (χ2n) is 5.01. The SMILES string of the molecule is Cc1ccnc2c1nc(CCCl)n2C1CCCOC1. The van der Waals surface area contributed by atoms with Crippen LogP contribution in [0.25, 0.3) is 11.2 Å². The van der Waals surface area contributed by atoms with E-state index in [0.717, 1.165) is 55.0 Å². The number of hydrogen-bond acceptors (Lipinski definition) is 3. The Bertz CT molecular complexity index is 575. The second-order valence-corrected chi connectivity index (χ2v) is 5.39. The van der Waals surface area contributed by atoms with E-state index in [1.54, 1.807) is 0 Å². The first kappa shape index (κ1) is 12.9. The van der Waals surface area contributed by atoms with Gasteiger partial charge < -0.3 is 9.30 Å². The van der Waals surface area contributed by atoms with Crippen molar-refractivity contribution in [2.45, 2.75) is 32.2 Å². The number of pyridine rings is 1. The zero-order chi connectivity index (χ0) is 13.2. The third kappa shape index (κ3) is 2.35. The van der Waals surface area contributed by atoms with Gasteiger partial charge in [-0.1, -0.05) is 0 Å². The van der Waals surface area contributed by atoms with E-state index >= 15 is 0 Å². The Morgan fingerprint density at radius 1 is 1.53 bits per heavy atom. The average molecular weight is 280 g/mol. The summed E-state index contributed by atoms with van der Waals surface area (Å²) in [5.74, 6) is 1.61. The fourth-order valence-electron chi connectivity index (χ4n) is 2.73. The minimum atomic E-state index is 0.339. The van der Waals surface area contributed by atoms with Crippen LogP contribution in [0.2, 0.25) is 0 Å². The first-order valence-electron chi connectivity index (χ1n) is 6.77. The molecule has 0 spiro atoms. The van der Waals surface area contributed by atoms with Crippen molar-refractivity contribution in [1.82, 2.24) is 14.5 Å². The maximum Gasteiger partial charge on any atom is 0.160 e. The lowest BCUT2D eigenvalue weighted by Gasteiger charge is -2.25. The van der Waals surface area contributed by atoms with Gasteiger partial charge in [0.1, 0.15) is 11.3 Å². The molecule has 0 amide bonds. The van der Waals surface area contributed by atoms with Gasteiger partial charge in [-0.3, -0.25) is 0 Å². The maximum absolute atomic E-state index is 5.91. The molecule has 0 saturated carbocycles. The monoisotopic (exact) mass is 279 g/mol. The molecule has 102 valence electrons. The molecule has 19 heavy (non-hydrogen) atoms. The minimum absolute atomic E-state index is 0.339. The van der Waals surface area contributed by atoms with Crippen LogP contribution in [0.5, 0.6) is 0 Å². The number of imidazole rings is 1. The summed E-state index contributed by atoms with van der Waals surface area (Å²) in [4.78, 5) is 9.26. The van der Waals surface area contributed by atoms with Gasteiger partial charge in [-0.2, -0.15) is 0 Å². The number of nitrogens with zero attached hydrogens (tertiary/aromatic N) is 3. The normalized spacial score (nSPS) is 20.0. The zero-order valence-electron chi connectivity index (χ0n) is 11.1. The lowest BCUT2D eigenvalue weighted by molar-refractivity contribution is 0.0594. The zero-order valence-corrected chi connectivity index (χ0v) is 11.9. The summed E-state index contributed by atoms with van der Waals surface area (Å²) in [6.07, 6.45) is 4.84. The summed E-state index contributed by atoms with van der Waals surface area (Å²) in [5, 5.41) is 0. The summed E-state index contributed by atoms with van der Waals surface area (Å²) in [7, 11) is 0. The van der Waals surface area contributed by atoms with Crippen LogP contribution in [0.1, 0.15) is 30.3 Å². The van der Waals surface area contributed by atoms with Gasteiger partial charge >= 0.3 is 0 Å². The van der Waals surface area contributed by atoms with Crippen molar-refractivity contribution in [2.75, 3.05) is 19.1 Å². The lowest BCUT2D eigenvalue weighted by atomic mass is 10.1. The topological polar surface area (TPSA) is 39.9 Å². The summed E-state index contributed by atoms with van der Waals surface area (Å²) in [6, 6.07) is 2.34. The van der Waals surface area contributed by atoms with E-state index in [9.17, 15) is 0 Å². The number of aryl methyl sites for hydroxylation is 2. The number of aromatic nitrogens is 3. The molecule has 1 fully saturated rings. The Kier molecular flexibility index (Phi) is 3.71. The Morgan fingerprint density at radius 2 is 2.42 bits per heavy atom. The summed E-state index contributed by atoms with van der Waals surface area (Å²) >= 11 is 5.91. The highest BCUT2D eigenvalue weighted by molar-refractivity contribution is 6.17. The molecule has 5 heteroatoms. The second kappa shape index (κ2) is 5.47. The van der Waals surface area contributed by atoms with Gasteiger partial charge in [0.25, 0.3) is 0 Å². The van der Waals surface area contributed by atoms with Crippen molar-refractivity contribution in [3.8, 4) is 0 Å². The Balaban J connectivity index is 2.13. The molecule has 3 rings (SSSR count). The molecule has 2 aromatic heterocycles. The van der Waals surface area contributed by atoms with E-state index in [1.165, 1.54) is 0 Å². The van der Waals surface area contributed by atoms with E-state index in [0.29, 0.717) is 11.9 Å².